The molecule has 0 saturated carbocycles. The smallest absolute Gasteiger partial charge is 0.231 e. The molecule has 1 aliphatic rings. The van der Waals surface area contributed by atoms with Crippen molar-refractivity contribution < 1.29 is 14.2 Å². The summed E-state index contributed by atoms with van der Waals surface area (Å²) in [6.07, 6.45) is 1.81. The summed E-state index contributed by atoms with van der Waals surface area (Å²) in [4.78, 5) is 4.24. The Hall–Kier alpha value is -2.27. The fraction of sp³-hybridized carbons (Fsp3) is 0.267. The molecular weight excluding hydrogens is 256 g/mol. The monoisotopic (exact) mass is 272 g/mol. The van der Waals surface area contributed by atoms with Crippen LogP contribution in [0, 0.1) is 0 Å². The Morgan fingerprint density at radius 3 is 2.70 bits per heavy atom. The summed E-state index contributed by atoms with van der Waals surface area (Å²) in [5.41, 5.74) is 2.11. The van der Waals surface area contributed by atoms with Crippen LogP contribution in [0.15, 0.2) is 36.5 Å². The predicted octanol–water partition coefficient (Wildman–Crippen LogP) is 2.57. The molecule has 5 heteroatoms. The number of benzene rings is 1. The molecule has 0 atom stereocenters. The largest absolute Gasteiger partial charge is 0.454 e. The van der Waals surface area contributed by atoms with Crippen LogP contribution in [0.3, 0.4) is 0 Å². The van der Waals surface area contributed by atoms with E-state index in [0.717, 1.165) is 28.4 Å². The van der Waals surface area contributed by atoms with Gasteiger partial charge in [-0.2, -0.15) is 0 Å². The Morgan fingerprint density at radius 1 is 1.10 bits per heavy atom. The molecule has 0 fully saturated rings. The zero-order valence-corrected chi connectivity index (χ0v) is 11.3. The molecule has 0 aliphatic carbocycles. The minimum atomic E-state index is 0.295. The minimum absolute atomic E-state index is 0.295. The summed E-state index contributed by atoms with van der Waals surface area (Å²) in [6, 6.07) is 9.77. The van der Waals surface area contributed by atoms with Crippen LogP contribution in [-0.2, 0) is 18.0 Å². The van der Waals surface area contributed by atoms with Crippen LogP contribution in [0.5, 0.6) is 11.5 Å². The molecule has 1 aromatic carbocycles. The van der Waals surface area contributed by atoms with Crippen molar-refractivity contribution >= 4 is 5.82 Å². The molecular formula is C15H16N2O3. The zero-order chi connectivity index (χ0) is 13.8. The molecule has 2 heterocycles. The SMILES string of the molecule is CNc1ccc(COCc2ccc3c(c2)OCO3)cn1. The van der Waals surface area contributed by atoms with Crippen LogP contribution < -0.4 is 14.8 Å². The van der Waals surface area contributed by atoms with Crippen LogP contribution in [0.4, 0.5) is 5.82 Å². The first-order valence-electron chi connectivity index (χ1n) is 6.44. The van der Waals surface area contributed by atoms with Crippen LogP contribution >= 0.6 is 0 Å². The van der Waals surface area contributed by atoms with Gasteiger partial charge in [-0.15, -0.1) is 0 Å². The van der Waals surface area contributed by atoms with Gasteiger partial charge in [-0.25, -0.2) is 4.98 Å². The number of pyridine rings is 1. The van der Waals surface area contributed by atoms with E-state index >= 15 is 0 Å². The molecule has 0 saturated heterocycles. The number of rotatable bonds is 5. The highest BCUT2D eigenvalue weighted by Gasteiger charge is 2.12. The number of fused-ring (bicyclic) bond motifs is 1. The van der Waals surface area contributed by atoms with Gasteiger partial charge in [0.05, 0.1) is 13.2 Å². The molecule has 1 aromatic heterocycles. The fourth-order valence-corrected chi connectivity index (χ4v) is 1.98. The van der Waals surface area contributed by atoms with E-state index in [0.29, 0.717) is 20.0 Å². The van der Waals surface area contributed by atoms with Gasteiger partial charge in [-0.3, -0.25) is 0 Å². The lowest BCUT2D eigenvalue weighted by Gasteiger charge is -2.06. The molecule has 0 amide bonds. The highest BCUT2D eigenvalue weighted by molar-refractivity contribution is 5.44. The number of nitrogens with one attached hydrogen (secondary N) is 1. The van der Waals surface area contributed by atoms with E-state index in [9.17, 15) is 0 Å². The molecule has 0 bridgehead atoms. The Bertz CT molecular complexity index is 584. The van der Waals surface area contributed by atoms with Crippen molar-refractivity contribution in [1.29, 1.82) is 0 Å². The molecule has 1 N–H and O–H groups in total. The molecule has 3 rings (SSSR count). The first-order valence-corrected chi connectivity index (χ1v) is 6.44. The fourth-order valence-electron chi connectivity index (χ4n) is 1.98. The van der Waals surface area contributed by atoms with Gasteiger partial charge in [-0.1, -0.05) is 12.1 Å². The summed E-state index contributed by atoms with van der Waals surface area (Å²) in [6.45, 7) is 1.36. The van der Waals surface area contributed by atoms with Crippen molar-refractivity contribution in [3.8, 4) is 11.5 Å². The number of aromatic nitrogens is 1. The third kappa shape index (κ3) is 2.83. The molecule has 5 nitrogen and oxygen atoms in total. The van der Waals surface area contributed by atoms with E-state index in [1.54, 1.807) is 0 Å². The normalized spacial score (nSPS) is 12.4. The number of hydrogen-bond donors (Lipinski definition) is 1. The lowest BCUT2D eigenvalue weighted by atomic mass is 10.2. The van der Waals surface area contributed by atoms with Gasteiger partial charge in [0, 0.05) is 13.2 Å². The summed E-state index contributed by atoms with van der Waals surface area (Å²) < 4.78 is 16.3. The Kier molecular flexibility index (Phi) is 3.69. The molecule has 0 unspecified atom stereocenters. The highest BCUT2D eigenvalue weighted by atomic mass is 16.7. The highest BCUT2D eigenvalue weighted by Crippen LogP contribution is 2.32. The molecule has 0 radical (unpaired) electrons. The Labute approximate surface area is 117 Å². The van der Waals surface area contributed by atoms with E-state index < -0.39 is 0 Å². The van der Waals surface area contributed by atoms with Crippen molar-refractivity contribution in [2.45, 2.75) is 13.2 Å². The summed E-state index contributed by atoms with van der Waals surface area (Å²) >= 11 is 0. The maximum atomic E-state index is 5.68. The number of nitrogens with zero attached hydrogens (tertiary/aromatic N) is 1. The van der Waals surface area contributed by atoms with Crippen molar-refractivity contribution in [2.24, 2.45) is 0 Å². The van der Waals surface area contributed by atoms with Gasteiger partial charge in [0.25, 0.3) is 0 Å². The van der Waals surface area contributed by atoms with Crippen LogP contribution in [-0.4, -0.2) is 18.8 Å². The second kappa shape index (κ2) is 5.79. The quantitative estimate of drug-likeness (QED) is 0.906. The molecule has 1 aliphatic heterocycles. The van der Waals surface area contributed by atoms with E-state index in [4.69, 9.17) is 14.2 Å². The van der Waals surface area contributed by atoms with Gasteiger partial charge in [-0.05, 0) is 29.3 Å². The maximum Gasteiger partial charge on any atom is 0.231 e. The van der Waals surface area contributed by atoms with Crippen molar-refractivity contribution in [3.63, 3.8) is 0 Å². The third-order valence-corrected chi connectivity index (χ3v) is 3.06. The van der Waals surface area contributed by atoms with Crippen molar-refractivity contribution in [1.82, 2.24) is 4.98 Å². The van der Waals surface area contributed by atoms with E-state index in [2.05, 4.69) is 10.3 Å². The Morgan fingerprint density at radius 2 is 1.90 bits per heavy atom. The minimum Gasteiger partial charge on any atom is -0.454 e. The zero-order valence-electron chi connectivity index (χ0n) is 11.3. The lowest BCUT2D eigenvalue weighted by Crippen LogP contribution is -1.97. The predicted molar refractivity (Wildman–Crippen MR) is 74.8 cm³/mol. The van der Waals surface area contributed by atoms with E-state index in [1.165, 1.54) is 0 Å². The van der Waals surface area contributed by atoms with Gasteiger partial charge in [0.1, 0.15) is 5.82 Å². The van der Waals surface area contributed by atoms with Crippen LogP contribution in [0.2, 0.25) is 0 Å². The average Bonchev–Trinajstić information content (AvgIpc) is 2.95. The summed E-state index contributed by atoms with van der Waals surface area (Å²) in [7, 11) is 1.85. The molecule has 2 aromatic rings. The number of ether oxygens (including phenoxy) is 3. The first-order chi connectivity index (χ1) is 9.85. The number of hydrogen-bond acceptors (Lipinski definition) is 5. The van der Waals surface area contributed by atoms with Crippen LogP contribution in [0.1, 0.15) is 11.1 Å². The van der Waals surface area contributed by atoms with Gasteiger partial charge < -0.3 is 19.5 Å². The van der Waals surface area contributed by atoms with E-state index in [1.807, 2.05) is 43.6 Å². The second-order valence-electron chi connectivity index (χ2n) is 4.48. The first kappa shape index (κ1) is 12.7. The second-order valence-corrected chi connectivity index (χ2v) is 4.48. The van der Waals surface area contributed by atoms with E-state index in [-0.39, 0.29) is 0 Å². The van der Waals surface area contributed by atoms with Gasteiger partial charge in [0.2, 0.25) is 6.79 Å². The standard InChI is InChI=1S/C15H16N2O3/c1-16-15-5-3-12(7-17-15)9-18-8-11-2-4-13-14(6-11)20-10-19-13/h2-7H,8-10H2,1H3,(H,16,17). The number of anilines is 1. The van der Waals surface area contributed by atoms with Gasteiger partial charge >= 0.3 is 0 Å². The maximum absolute atomic E-state index is 5.68. The average molecular weight is 272 g/mol. The lowest BCUT2D eigenvalue weighted by molar-refractivity contribution is 0.107. The van der Waals surface area contributed by atoms with Crippen molar-refractivity contribution in [2.75, 3.05) is 19.2 Å². The van der Waals surface area contributed by atoms with Gasteiger partial charge in [0.15, 0.2) is 11.5 Å². The summed E-state index contributed by atoms with van der Waals surface area (Å²) in [5, 5.41) is 2.98. The topological polar surface area (TPSA) is 52.6 Å². The molecule has 0 spiro atoms. The Balaban J connectivity index is 1.54. The summed E-state index contributed by atoms with van der Waals surface area (Å²) in [5.74, 6) is 2.43. The molecule has 20 heavy (non-hydrogen) atoms. The van der Waals surface area contributed by atoms with Crippen LogP contribution in [0.25, 0.3) is 0 Å². The molecule has 104 valence electrons. The third-order valence-electron chi connectivity index (χ3n) is 3.06. The van der Waals surface area contributed by atoms with Crippen molar-refractivity contribution in [3.05, 3.63) is 47.7 Å².